The molecule has 2 heteroatoms. The lowest BCUT2D eigenvalue weighted by molar-refractivity contribution is 0.0624. The van der Waals surface area contributed by atoms with Crippen molar-refractivity contribution in [3.63, 3.8) is 0 Å². The predicted octanol–water partition coefficient (Wildman–Crippen LogP) is 3.93. The molecule has 1 aromatic rings. The summed E-state index contributed by atoms with van der Waals surface area (Å²) in [6.45, 7) is 5.26. The van der Waals surface area contributed by atoms with E-state index in [1.165, 1.54) is 37.7 Å². The van der Waals surface area contributed by atoms with Gasteiger partial charge in [0.25, 0.3) is 0 Å². The van der Waals surface area contributed by atoms with E-state index < -0.39 is 0 Å². The first-order valence-corrected chi connectivity index (χ1v) is 7.76. The number of benzene rings is 1. The Morgan fingerprint density at radius 1 is 1.21 bits per heavy atom. The molecular weight excluding hydrogens is 234 g/mol. The maximum atomic E-state index is 5.44. The molecule has 19 heavy (non-hydrogen) atoms. The monoisotopic (exact) mass is 261 g/mol. The van der Waals surface area contributed by atoms with Crippen molar-refractivity contribution in [3.05, 3.63) is 35.9 Å². The van der Waals surface area contributed by atoms with Gasteiger partial charge >= 0.3 is 0 Å². The third kappa shape index (κ3) is 4.96. The summed E-state index contributed by atoms with van der Waals surface area (Å²) in [5.41, 5.74) is 1.43. The fraction of sp³-hybridized carbons (Fsp3) is 0.647. The topological polar surface area (TPSA) is 21.3 Å². The zero-order valence-corrected chi connectivity index (χ0v) is 12.1. The third-order valence-corrected chi connectivity index (χ3v) is 4.05. The standard InChI is InChI=1S/C17H27NO/c1-2-12-18-17(16-6-4-3-5-7-16)9-8-15-10-13-19-14-11-15/h3-7,15,17-18H,2,8-14H2,1H3. The Bertz CT molecular complexity index is 332. The molecule has 2 nitrogen and oxygen atoms in total. The predicted molar refractivity (Wildman–Crippen MR) is 80.3 cm³/mol. The average Bonchev–Trinajstić information content (AvgIpc) is 2.49. The van der Waals surface area contributed by atoms with Crippen molar-refractivity contribution >= 4 is 0 Å². The Balaban J connectivity index is 1.86. The molecule has 1 unspecified atom stereocenters. The van der Waals surface area contributed by atoms with E-state index in [1.54, 1.807) is 0 Å². The summed E-state index contributed by atoms with van der Waals surface area (Å²) in [4.78, 5) is 0. The van der Waals surface area contributed by atoms with Crippen LogP contribution in [0.4, 0.5) is 0 Å². The number of hydrogen-bond donors (Lipinski definition) is 1. The van der Waals surface area contributed by atoms with Crippen LogP contribution >= 0.6 is 0 Å². The van der Waals surface area contributed by atoms with Crippen LogP contribution in [0.25, 0.3) is 0 Å². The van der Waals surface area contributed by atoms with Crippen LogP contribution in [0.2, 0.25) is 0 Å². The molecular formula is C17H27NO. The molecule has 1 aliphatic heterocycles. The van der Waals surface area contributed by atoms with Gasteiger partial charge < -0.3 is 10.1 Å². The van der Waals surface area contributed by atoms with Crippen LogP contribution in [0.5, 0.6) is 0 Å². The van der Waals surface area contributed by atoms with Gasteiger partial charge in [-0.25, -0.2) is 0 Å². The Morgan fingerprint density at radius 2 is 1.95 bits per heavy atom. The van der Waals surface area contributed by atoms with Crippen LogP contribution in [-0.2, 0) is 4.74 Å². The van der Waals surface area contributed by atoms with Gasteiger partial charge in [0.1, 0.15) is 0 Å². The van der Waals surface area contributed by atoms with E-state index in [2.05, 4.69) is 42.6 Å². The van der Waals surface area contributed by atoms with Gasteiger partial charge in [0.15, 0.2) is 0 Å². The van der Waals surface area contributed by atoms with E-state index in [0.717, 1.165) is 25.7 Å². The Morgan fingerprint density at radius 3 is 2.63 bits per heavy atom. The highest BCUT2D eigenvalue weighted by molar-refractivity contribution is 5.18. The van der Waals surface area contributed by atoms with Gasteiger partial charge in [-0.15, -0.1) is 0 Å². The van der Waals surface area contributed by atoms with E-state index in [4.69, 9.17) is 4.74 Å². The molecule has 0 spiro atoms. The second-order valence-electron chi connectivity index (χ2n) is 5.55. The van der Waals surface area contributed by atoms with Gasteiger partial charge in [0.2, 0.25) is 0 Å². The fourth-order valence-corrected chi connectivity index (χ4v) is 2.83. The van der Waals surface area contributed by atoms with Crippen molar-refractivity contribution in [2.75, 3.05) is 19.8 Å². The minimum absolute atomic E-state index is 0.518. The van der Waals surface area contributed by atoms with Crippen LogP contribution in [0.3, 0.4) is 0 Å². The summed E-state index contributed by atoms with van der Waals surface area (Å²) in [5, 5.41) is 3.69. The first-order valence-electron chi connectivity index (χ1n) is 7.76. The van der Waals surface area contributed by atoms with E-state index in [1.807, 2.05) is 0 Å². The van der Waals surface area contributed by atoms with Crippen molar-refractivity contribution in [1.29, 1.82) is 0 Å². The molecule has 0 aliphatic carbocycles. The molecule has 0 radical (unpaired) electrons. The SMILES string of the molecule is CCCNC(CCC1CCOCC1)c1ccccc1. The molecule has 1 aromatic carbocycles. The first-order chi connectivity index (χ1) is 9.40. The minimum Gasteiger partial charge on any atom is -0.381 e. The summed E-state index contributed by atoms with van der Waals surface area (Å²) in [7, 11) is 0. The molecule has 0 saturated carbocycles. The maximum absolute atomic E-state index is 5.44. The molecule has 1 atom stereocenters. The Kier molecular flexibility index (Phi) is 6.38. The molecule has 1 heterocycles. The zero-order chi connectivity index (χ0) is 13.3. The zero-order valence-electron chi connectivity index (χ0n) is 12.1. The molecule has 0 bridgehead atoms. The van der Waals surface area contributed by atoms with Gasteiger partial charge in [-0.05, 0) is 50.1 Å². The van der Waals surface area contributed by atoms with Crippen LogP contribution in [0, 0.1) is 5.92 Å². The molecule has 0 aromatic heterocycles. The van der Waals surface area contributed by atoms with E-state index in [0.29, 0.717) is 6.04 Å². The van der Waals surface area contributed by atoms with Gasteiger partial charge in [-0.3, -0.25) is 0 Å². The van der Waals surface area contributed by atoms with Crippen molar-refractivity contribution in [2.45, 2.75) is 45.1 Å². The summed E-state index contributed by atoms with van der Waals surface area (Å²) in [5.74, 6) is 0.864. The van der Waals surface area contributed by atoms with Crippen LogP contribution < -0.4 is 5.32 Å². The summed E-state index contributed by atoms with van der Waals surface area (Å²) >= 11 is 0. The highest BCUT2D eigenvalue weighted by Gasteiger charge is 2.17. The number of nitrogens with one attached hydrogen (secondary N) is 1. The molecule has 1 fully saturated rings. The molecule has 2 rings (SSSR count). The molecule has 1 N–H and O–H groups in total. The largest absolute Gasteiger partial charge is 0.381 e. The second-order valence-corrected chi connectivity index (χ2v) is 5.55. The van der Waals surface area contributed by atoms with Crippen molar-refractivity contribution in [3.8, 4) is 0 Å². The summed E-state index contributed by atoms with van der Waals surface area (Å²) in [6, 6.07) is 11.4. The van der Waals surface area contributed by atoms with E-state index >= 15 is 0 Å². The number of ether oxygens (including phenoxy) is 1. The molecule has 0 amide bonds. The molecule has 106 valence electrons. The lowest BCUT2D eigenvalue weighted by Gasteiger charge is -2.25. The maximum Gasteiger partial charge on any atom is 0.0468 e. The summed E-state index contributed by atoms with van der Waals surface area (Å²) in [6.07, 6.45) is 6.25. The first kappa shape index (κ1) is 14.5. The smallest absolute Gasteiger partial charge is 0.0468 e. The van der Waals surface area contributed by atoms with Gasteiger partial charge in [-0.2, -0.15) is 0 Å². The highest BCUT2D eigenvalue weighted by atomic mass is 16.5. The van der Waals surface area contributed by atoms with Crippen molar-refractivity contribution < 1.29 is 4.74 Å². The average molecular weight is 261 g/mol. The van der Waals surface area contributed by atoms with E-state index in [9.17, 15) is 0 Å². The van der Waals surface area contributed by atoms with Crippen LogP contribution in [0.15, 0.2) is 30.3 Å². The highest BCUT2D eigenvalue weighted by Crippen LogP contribution is 2.26. The van der Waals surface area contributed by atoms with Crippen LogP contribution in [-0.4, -0.2) is 19.8 Å². The number of rotatable bonds is 7. The fourth-order valence-electron chi connectivity index (χ4n) is 2.83. The normalized spacial score (nSPS) is 18.4. The molecule has 1 aliphatic rings. The van der Waals surface area contributed by atoms with Crippen molar-refractivity contribution in [1.82, 2.24) is 5.32 Å². The second kappa shape index (κ2) is 8.34. The minimum atomic E-state index is 0.518. The van der Waals surface area contributed by atoms with Crippen molar-refractivity contribution in [2.24, 2.45) is 5.92 Å². The van der Waals surface area contributed by atoms with E-state index in [-0.39, 0.29) is 0 Å². The third-order valence-electron chi connectivity index (χ3n) is 4.05. The van der Waals surface area contributed by atoms with Crippen LogP contribution in [0.1, 0.15) is 50.6 Å². The number of hydrogen-bond acceptors (Lipinski definition) is 2. The Labute approximate surface area is 117 Å². The van der Waals surface area contributed by atoms with Gasteiger partial charge in [0, 0.05) is 19.3 Å². The van der Waals surface area contributed by atoms with Gasteiger partial charge in [-0.1, -0.05) is 37.3 Å². The summed E-state index contributed by atoms with van der Waals surface area (Å²) < 4.78 is 5.44. The molecule has 1 saturated heterocycles. The van der Waals surface area contributed by atoms with Gasteiger partial charge in [0.05, 0.1) is 0 Å². The quantitative estimate of drug-likeness (QED) is 0.803. The lowest BCUT2D eigenvalue weighted by Crippen LogP contribution is -2.24. The Hall–Kier alpha value is -0.860. The lowest BCUT2D eigenvalue weighted by atomic mass is 9.91.